The first-order chi connectivity index (χ1) is 9.91. The Balaban J connectivity index is 2.67. The SMILES string of the molecule is O=C(O)c1ccc(-c2ccccc2C(=O)O)cc1C(=O)O. The van der Waals surface area contributed by atoms with Gasteiger partial charge in [0.25, 0.3) is 0 Å². The zero-order valence-electron chi connectivity index (χ0n) is 10.6. The summed E-state index contributed by atoms with van der Waals surface area (Å²) in [5.74, 6) is -3.89. The van der Waals surface area contributed by atoms with Crippen molar-refractivity contribution in [1.82, 2.24) is 0 Å². The molecule has 2 aromatic rings. The minimum Gasteiger partial charge on any atom is -0.478 e. The summed E-state index contributed by atoms with van der Waals surface area (Å²) in [6.07, 6.45) is 0. The van der Waals surface area contributed by atoms with Crippen LogP contribution in [0, 0.1) is 0 Å². The van der Waals surface area contributed by atoms with Gasteiger partial charge in [-0.25, -0.2) is 14.4 Å². The van der Waals surface area contributed by atoms with Gasteiger partial charge >= 0.3 is 17.9 Å². The highest BCUT2D eigenvalue weighted by Crippen LogP contribution is 2.26. The third-order valence-electron chi connectivity index (χ3n) is 2.95. The van der Waals surface area contributed by atoms with Crippen molar-refractivity contribution in [3.63, 3.8) is 0 Å². The van der Waals surface area contributed by atoms with Crippen LogP contribution in [0.2, 0.25) is 0 Å². The van der Waals surface area contributed by atoms with Crippen LogP contribution in [-0.4, -0.2) is 33.2 Å². The first-order valence-corrected chi connectivity index (χ1v) is 5.85. The van der Waals surface area contributed by atoms with E-state index < -0.39 is 17.9 Å². The number of hydrogen-bond acceptors (Lipinski definition) is 3. The molecule has 3 N–H and O–H groups in total. The minimum absolute atomic E-state index is 0.0110. The molecule has 6 heteroatoms. The molecule has 0 bridgehead atoms. The second-order valence-electron chi connectivity index (χ2n) is 4.22. The first kappa shape index (κ1) is 14.3. The quantitative estimate of drug-likeness (QED) is 0.795. The van der Waals surface area contributed by atoms with Gasteiger partial charge in [-0.05, 0) is 29.3 Å². The van der Waals surface area contributed by atoms with Gasteiger partial charge < -0.3 is 15.3 Å². The van der Waals surface area contributed by atoms with Gasteiger partial charge in [0.15, 0.2) is 0 Å². The van der Waals surface area contributed by atoms with E-state index in [4.69, 9.17) is 15.3 Å². The molecule has 0 fully saturated rings. The molecule has 0 saturated heterocycles. The molecule has 6 nitrogen and oxygen atoms in total. The molecule has 0 saturated carbocycles. The summed E-state index contributed by atoms with van der Waals surface area (Å²) in [4.78, 5) is 33.3. The predicted octanol–water partition coefficient (Wildman–Crippen LogP) is 2.45. The zero-order chi connectivity index (χ0) is 15.6. The molecule has 0 aliphatic heterocycles. The van der Waals surface area contributed by atoms with Crippen molar-refractivity contribution in [2.24, 2.45) is 0 Å². The summed E-state index contributed by atoms with van der Waals surface area (Å²) < 4.78 is 0. The van der Waals surface area contributed by atoms with Crippen LogP contribution in [0.25, 0.3) is 11.1 Å². The van der Waals surface area contributed by atoms with Gasteiger partial charge in [-0.15, -0.1) is 0 Å². The summed E-state index contributed by atoms with van der Waals surface area (Å²) in [6.45, 7) is 0. The van der Waals surface area contributed by atoms with E-state index in [0.29, 0.717) is 11.1 Å². The van der Waals surface area contributed by atoms with Crippen molar-refractivity contribution >= 4 is 17.9 Å². The topological polar surface area (TPSA) is 112 Å². The normalized spacial score (nSPS) is 10.1. The average Bonchev–Trinajstić information content (AvgIpc) is 2.46. The van der Waals surface area contributed by atoms with Gasteiger partial charge in [0.2, 0.25) is 0 Å². The maximum Gasteiger partial charge on any atom is 0.336 e. The highest BCUT2D eigenvalue weighted by Gasteiger charge is 2.18. The number of hydrogen-bond donors (Lipinski definition) is 3. The van der Waals surface area contributed by atoms with Gasteiger partial charge in [-0.1, -0.05) is 24.3 Å². The van der Waals surface area contributed by atoms with Crippen LogP contribution in [0.5, 0.6) is 0 Å². The Hall–Kier alpha value is -3.15. The first-order valence-electron chi connectivity index (χ1n) is 5.85. The van der Waals surface area contributed by atoms with E-state index in [-0.39, 0.29) is 16.7 Å². The standard InChI is InChI=1S/C15H10O6/c16-13(17)10-4-2-1-3-9(10)8-5-6-11(14(18)19)12(7-8)15(20)21/h1-7H,(H,16,17)(H,18,19)(H,20,21). The highest BCUT2D eigenvalue weighted by molar-refractivity contribution is 6.03. The van der Waals surface area contributed by atoms with E-state index in [1.165, 1.54) is 18.2 Å². The molecule has 0 aliphatic carbocycles. The summed E-state index contributed by atoms with van der Waals surface area (Å²) in [5, 5.41) is 27.2. The van der Waals surface area contributed by atoms with Crippen molar-refractivity contribution in [2.75, 3.05) is 0 Å². The maximum absolute atomic E-state index is 11.2. The van der Waals surface area contributed by atoms with E-state index in [9.17, 15) is 14.4 Å². The van der Waals surface area contributed by atoms with E-state index in [1.807, 2.05) is 0 Å². The lowest BCUT2D eigenvalue weighted by Crippen LogP contribution is -2.08. The molecule has 0 heterocycles. The molecule has 0 atom stereocenters. The van der Waals surface area contributed by atoms with Crippen LogP contribution < -0.4 is 0 Å². The Bertz CT molecular complexity index is 748. The van der Waals surface area contributed by atoms with Crippen molar-refractivity contribution in [1.29, 1.82) is 0 Å². The second-order valence-corrected chi connectivity index (χ2v) is 4.22. The summed E-state index contributed by atoms with van der Waals surface area (Å²) >= 11 is 0. The van der Waals surface area contributed by atoms with Crippen LogP contribution >= 0.6 is 0 Å². The predicted molar refractivity (Wildman–Crippen MR) is 72.8 cm³/mol. The van der Waals surface area contributed by atoms with Gasteiger partial charge in [0.1, 0.15) is 0 Å². The molecule has 2 aromatic carbocycles. The molecular weight excluding hydrogens is 276 g/mol. The molecule has 106 valence electrons. The smallest absolute Gasteiger partial charge is 0.336 e. The van der Waals surface area contributed by atoms with Crippen LogP contribution in [0.1, 0.15) is 31.1 Å². The number of rotatable bonds is 4. The molecule has 0 unspecified atom stereocenters. The van der Waals surface area contributed by atoms with Crippen LogP contribution in [-0.2, 0) is 0 Å². The third-order valence-corrected chi connectivity index (χ3v) is 2.95. The molecule has 21 heavy (non-hydrogen) atoms. The van der Waals surface area contributed by atoms with Gasteiger partial charge in [-0.2, -0.15) is 0 Å². The molecule has 2 rings (SSSR count). The van der Waals surface area contributed by atoms with Crippen molar-refractivity contribution in [3.05, 3.63) is 59.2 Å². The lowest BCUT2D eigenvalue weighted by Gasteiger charge is -2.08. The lowest BCUT2D eigenvalue weighted by molar-refractivity contribution is 0.0651. The number of carboxylic acid groups (broad SMARTS) is 3. The van der Waals surface area contributed by atoms with Crippen molar-refractivity contribution in [2.45, 2.75) is 0 Å². The lowest BCUT2D eigenvalue weighted by atomic mass is 9.95. The molecule has 0 amide bonds. The highest BCUT2D eigenvalue weighted by atomic mass is 16.4. The fraction of sp³-hybridized carbons (Fsp3) is 0. The third kappa shape index (κ3) is 2.74. The van der Waals surface area contributed by atoms with Crippen LogP contribution in [0.15, 0.2) is 42.5 Å². The fourth-order valence-electron chi connectivity index (χ4n) is 2.00. The zero-order valence-corrected chi connectivity index (χ0v) is 10.6. The van der Waals surface area contributed by atoms with E-state index in [1.54, 1.807) is 12.1 Å². The number of carbonyl (C=O) groups is 3. The van der Waals surface area contributed by atoms with Crippen molar-refractivity contribution in [3.8, 4) is 11.1 Å². The number of benzene rings is 2. The van der Waals surface area contributed by atoms with Gasteiger partial charge in [0.05, 0.1) is 16.7 Å². The molecule has 0 spiro atoms. The molecular formula is C15H10O6. The van der Waals surface area contributed by atoms with Gasteiger partial charge in [0, 0.05) is 0 Å². The summed E-state index contributed by atoms with van der Waals surface area (Å²) in [5.41, 5.74) is -0.0731. The number of aromatic carboxylic acids is 3. The largest absolute Gasteiger partial charge is 0.478 e. The minimum atomic E-state index is -1.39. The maximum atomic E-state index is 11.2. The van der Waals surface area contributed by atoms with Crippen LogP contribution in [0.4, 0.5) is 0 Å². The van der Waals surface area contributed by atoms with E-state index in [0.717, 1.165) is 12.1 Å². The average molecular weight is 286 g/mol. The Morgan fingerprint density at radius 3 is 1.81 bits per heavy atom. The summed E-state index contributed by atoms with van der Waals surface area (Å²) in [6, 6.07) is 9.79. The fourth-order valence-corrected chi connectivity index (χ4v) is 2.00. The molecule has 0 aromatic heterocycles. The van der Waals surface area contributed by atoms with Crippen LogP contribution in [0.3, 0.4) is 0 Å². The molecule has 0 aliphatic rings. The Labute approximate surface area is 118 Å². The Morgan fingerprint density at radius 1 is 0.667 bits per heavy atom. The second kappa shape index (κ2) is 5.46. The van der Waals surface area contributed by atoms with Gasteiger partial charge in [-0.3, -0.25) is 0 Å². The van der Waals surface area contributed by atoms with E-state index >= 15 is 0 Å². The van der Waals surface area contributed by atoms with E-state index in [2.05, 4.69) is 0 Å². The summed E-state index contributed by atoms with van der Waals surface area (Å²) in [7, 11) is 0. The Kier molecular flexibility index (Phi) is 3.71. The molecule has 0 radical (unpaired) electrons. The Morgan fingerprint density at radius 2 is 1.24 bits per heavy atom. The van der Waals surface area contributed by atoms with Crippen molar-refractivity contribution < 1.29 is 29.7 Å². The number of carboxylic acids is 3. The monoisotopic (exact) mass is 286 g/mol.